The van der Waals surface area contributed by atoms with Crippen LogP contribution in [-0.4, -0.2) is 30.8 Å². The van der Waals surface area contributed by atoms with Crippen LogP contribution in [0.5, 0.6) is 0 Å². The van der Waals surface area contributed by atoms with E-state index in [-0.39, 0.29) is 6.42 Å². The third kappa shape index (κ3) is 7.39. The van der Waals surface area contributed by atoms with E-state index in [2.05, 4.69) is 10.1 Å². The predicted molar refractivity (Wildman–Crippen MR) is 84.5 cm³/mol. The second-order valence-corrected chi connectivity index (χ2v) is 6.39. The minimum Gasteiger partial charge on any atom is -0.467 e. The Morgan fingerprint density at radius 2 is 1.75 bits per heavy atom. The summed E-state index contributed by atoms with van der Waals surface area (Å²) in [6.07, 6.45) is 0.315. The van der Waals surface area contributed by atoms with E-state index in [1.807, 2.05) is 0 Å². The summed E-state index contributed by atoms with van der Waals surface area (Å²) < 4.78 is 36.0. The first kappa shape index (κ1) is 19.9. The molecule has 0 aromatic heterocycles. The van der Waals surface area contributed by atoms with E-state index in [0.29, 0.717) is 18.4 Å². The minimum atomic E-state index is -0.886. The molecule has 1 amide bonds. The molecule has 24 heavy (non-hydrogen) atoms. The molecule has 0 saturated heterocycles. The van der Waals surface area contributed by atoms with Gasteiger partial charge in [-0.15, -0.1) is 0 Å². The quantitative estimate of drug-likeness (QED) is 0.805. The van der Waals surface area contributed by atoms with Gasteiger partial charge in [-0.2, -0.15) is 0 Å². The number of halogens is 2. The highest BCUT2D eigenvalue weighted by atomic mass is 19.1. The normalized spacial score (nSPS) is 12.4. The smallest absolute Gasteiger partial charge is 0.408 e. The van der Waals surface area contributed by atoms with Crippen molar-refractivity contribution < 1.29 is 27.8 Å². The number of aryl methyl sites for hydroxylation is 1. The molecule has 0 aliphatic heterocycles. The fourth-order valence-electron chi connectivity index (χ4n) is 2.11. The molecule has 0 heterocycles. The van der Waals surface area contributed by atoms with E-state index in [1.54, 1.807) is 20.8 Å². The molecular formula is C17H23F2NO4. The Hall–Kier alpha value is -2.18. The van der Waals surface area contributed by atoms with Gasteiger partial charge < -0.3 is 14.8 Å². The largest absolute Gasteiger partial charge is 0.467 e. The molecule has 1 atom stereocenters. The molecule has 134 valence electrons. The van der Waals surface area contributed by atoms with Gasteiger partial charge in [-0.1, -0.05) is 0 Å². The fourth-order valence-corrected chi connectivity index (χ4v) is 2.11. The Kier molecular flexibility index (Phi) is 7.13. The van der Waals surface area contributed by atoms with Crippen molar-refractivity contribution in [1.29, 1.82) is 0 Å². The number of hydrogen-bond acceptors (Lipinski definition) is 4. The Bertz CT molecular complexity index is 564. The lowest BCUT2D eigenvalue weighted by Crippen LogP contribution is -2.44. The molecule has 0 bridgehead atoms. The van der Waals surface area contributed by atoms with Crippen LogP contribution in [0.1, 0.15) is 39.2 Å². The predicted octanol–water partition coefficient (Wildman–Crippen LogP) is 3.35. The van der Waals surface area contributed by atoms with Crippen LogP contribution in [0, 0.1) is 11.6 Å². The molecule has 0 aliphatic carbocycles. The van der Waals surface area contributed by atoms with Gasteiger partial charge in [0.2, 0.25) is 0 Å². The number of hydrogen-bond donors (Lipinski definition) is 1. The van der Waals surface area contributed by atoms with Crippen molar-refractivity contribution in [2.24, 2.45) is 0 Å². The molecule has 0 radical (unpaired) electrons. The van der Waals surface area contributed by atoms with Gasteiger partial charge in [0.15, 0.2) is 0 Å². The number of esters is 1. The number of carbonyl (C=O) groups is 2. The Morgan fingerprint density at radius 3 is 2.25 bits per heavy atom. The van der Waals surface area contributed by atoms with Crippen LogP contribution >= 0.6 is 0 Å². The molecule has 1 N–H and O–H groups in total. The average Bonchev–Trinajstić information content (AvgIpc) is 2.42. The summed E-state index contributed by atoms with van der Waals surface area (Å²) in [5.74, 6) is -1.91. The third-order valence-corrected chi connectivity index (χ3v) is 3.06. The average molecular weight is 343 g/mol. The molecule has 0 aliphatic rings. The monoisotopic (exact) mass is 343 g/mol. The zero-order valence-electron chi connectivity index (χ0n) is 14.3. The molecular weight excluding hydrogens is 320 g/mol. The highest BCUT2D eigenvalue weighted by Crippen LogP contribution is 2.13. The van der Waals surface area contributed by atoms with Crippen LogP contribution < -0.4 is 5.32 Å². The summed E-state index contributed by atoms with van der Waals surface area (Å²) in [7, 11) is 1.22. The number of methoxy groups -OCH3 is 1. The zero-order valence-corrected chi connectivity index (χ0v) is 14.3. The van der Waals surface area contributed by atoms with Gasteiger partial charge in [0.1, 0.15) is 23.3 Å². The minimum absolute atomic E-state index is 0.254. The SMILES string of the molecule is COC(=O)[C@H](CCCc1cc(F)cc(F)c1)NC(=O)OC(C)(C)C. The number of rotatable bonds is 6. The first-order valence-electron chi connectivity index (χ1n) is 7.63. The van der Waals surface area contributed by atoms with Gasteiger partial charge in [-0.25, -0.2) is 18.4 Å². The van der Waals surface area contributed by atoms with Crippen LogP contribution in [0.2, 0.25) is 0 Å². The maximum absolute atomic E-state index is 13.1. The first-order chi connectivity index (χ1) is 11.1. The molecule has 7 heteroatoms. The molecule has 1 rings (SSSR count). The zero-order chi connectivity index (χ0) is 18.3. The molecule has 0 spiro atoms. The van der Waals surface area contributed by atoms with Crippen molar-refractivity contribution in [3.63, 3.8) is 0 Å². The van der Waals surface area contributed by atoms with Crippen molar-refractivity contribution in [3.8, 4) is 0 Å². The Balaban J connectivity index is 2.60. The first-order valence-corrected chi connectivity index (χ1v) is 7.63. The molecule has 1 aromatic carbocycles. The van der Waals surface area contributed by atoms with E-state index < -0.39 is 35.3 Å². The number of alkyl carbamates (subject to hydrolysis) is 1. The van der Waals surface area contributed by atoms with E-state index in [4.69, 9.17) is 4.74 Å². The summed E-state index contributed by atoms with van der Waals surface area (Å²) in [5.41, 5.74) is -0.211. The van der Waals surface area contributed by atoms with Gasteiger partial charge in [-0.3, -0.25) is 0 Å². The lowest BCUT2D eigenvalue weighted by molar-refractivity contribution is -0.143. The molecule has 0 saturated carbocycles. The van der Waals surface area contributed by atoms with Crippen LogP contribution in [0.4, 0.5) is 13.6 Å². The number of carbonyl (C=O) groups excluding carboxylic acids is 2. The van der Waals surface area contributed by atoms with Crippen molar-refractivity contribution in [2.75, 3.05) is 7.11 Å². The van der Waals surface area contributed by atoms with Crippen LogP contribution in [0.15, 0.2) is 18.2 Å². The van der Waals surface area contributed by atoms with Gasteiger partial charge in [-0.05, 0) is 57.7 Å². The fraction of sp³-hybridized carbons (Fsp3) is 0.529. The van der Waals surface area contributed by atoms with Gasteiger partial charge in [0, 0.05) is 6.07 Å². The highest BCUT2D eigenvalue weighted by Gasteiger charge is 2.24. The molecule has 0 unspecified atom stereocenters. The topological polar surface area (TPSA) is 64.6 Å². The summed E-state index contributed by atoms with van der Waals surface area (Å²) in [5, 5.41) is 2.45. The van der Waals surface area contributed by atoms with Crippen molar-refractivity contribution >= 4 is 12.1 Å². The van der Waals surface area contributed by atoms with E-state index in [0.717, 1.165) is 6.07 Å². The number of nitrogens with one attached hydrogen (secondary N) is 1. The lowest BCUT2D eigenvalue weighted by Gasteiger charge is -2.22. The van der Waals surface area contributed by atoms with Gasteiger partial charge >= 0.3 is 12.1 Å². The maximum atomic E-state index is 13.1. The molecule has 0 fully saturated rings. The van der Waals surface area contributed by atoms with E-state index in [1.165, 1.54) is 19.2 Å². The van der Waals surface area contributed by atoms with Crippen molar-refractivity contribution in [2.45, 2.75) is 51.7 Å². The number of ether oxygens (including phenoxy) is 2. The second-order valence-electron chi connectivity index (χ2n) is 6.39. The van der Waals surface area contributed by atoms with Crippen molar-refractivity contribution in [1.82, 2.24) is 5.32 Å². The van der Waals surface area contributed by atoms with Crippen molar-refractivity contribution in [3.05, 3.63) is 35.4 Å². The third-order valence-electron chi connectivity index (χ3n) is 3.06. The van der Waals surface area contributed by atoms with E-state index >= 15 is 0 Å². The van der Waals surface area contributed by atoms with E-state index in [9.17, 15) is 18.4 Å². The van der Waals surface area contributed by atoms with Gasteiger partial charge in [0.25, 0.3) is 0 Å². The molecule has 5 nitrogen and oxygen atoms in total. The number of amides is 1. The molecule has 1 aromatic rings. The summed E-state index contributed by atoms with van der Waals surface area (Å²) >= 11 is 0. The standard InChI is InChI=1S/C17H23F2NO4/c1-17(2,3)24-16(22)20-14(15(21)23-4)7-5-6-11-8-12(18)10-13(19)9-11/h8-10,14H,5-7H2,1-4H3,(H,20,22)/t14-/m0/s1. The van der Waals surface area contributed by atoms with Crippen LogP contribution in [-0.2, 0) is 20.7 Å². The van der Waals surface area contributed by atoms with Gasteiger partial charge in [0.05, 0.1) is 7.11 Å². The lowest BCUT2D eigenvalue weighted by atomic mass is 10.0. The Labute approximate surface area is 140 Å². The number of benzene rings is 1. The summed E-state index contributed by atoms with van der Waals surface area (Å²) in [4.78, 5) is 23.5. The van der Waals surface area contributed by atoms with Crippen LogP contribution in [0.3, 0.4) is 0 Å². The summed E-state index contributed by atoms with van der Waals surface area (Å²) in [6.45, 7) is 5.12. The Morgan fingerprint density at radius 1 is 1.17 bits per heavy atom. The van der Waals surface area contributed by atoms with Crippen LogP contribution in [0.25, 0.3) is 0 Å². The highest BCUT2D eigenvalue weighted by molar-refractivity contribution is 5.81. The summed E-state index contributed by atoms with van der Waals surface area (Å²) in [6, 6.07) is 2.38. The second kappa shape index (κ2) is 8.61. The maximum Gasteiger partial charge on any atom is 0.408 e.